The molecule has 0 saturated heterocycles. The van der Waals surface area contributed by atoms with E-state index in [0.29, 0.717) is 12.5 Å². The van der Waals surface area contributed by atoms with Crippen molar-refractivity contribution in [1.82, 2.24) is 10.6 Å². The Morgan fingerprint density at radius 3 is 2.48 bits per heavy atom. The van der Waals surface area contributed by atoms with Gasteiger partial charge in [-0.05, 0) is 38.0 Å². The van der Waals surface area contributed by atoms with E-state index in [1.807, 2.05) is 6.92 Å². The molecule has 1 aromatic carbocycles. The van der Waals surface area contributed by atoms with Gasteiger partial charge in [0.15, 0.2) is 5.96 Å². The Morgan fingerprint density at radius 1 is 1.26 bits per heavy atom. The van der Waals surface area contributed by atoms with Crippen molar-refractivity contribution in [1.29, 1.82) is 0 Å². The fourth-order valence-electron chi connectivity index (χ4n) is 1.96. The Balaban J connectivity index is 2.92. The van der Waals surface area contributed by atoms with E-state index in [1.165, 1.54) is 6.07 Å². The minimum atomic E-state index is -4.44. The van der Waals surface area contributed by atoms with Crippen LogP contribution in [0, 0.1) is 0 Å². The van der Waals surface area contributed by atoms with Crippen LogP contribution in [0.5, 0.6) is 5.75 Å². The summed E-state index contributed by atoms with van der Waals surface area (Å²) in [5.74, 6) is 0.687. The highest BCUT2D eigenvalue weighted by Crippen LogP contribution is 2.34. The van der Waals surface area contributed by atoms with E-state index in [-0.39, 0.29) is 24.0 Å². The third kappa shape index (κ3) is 6.38. The van der Waals surface area contributed by atoms with Crippen LogP contribution in [0.1, 0.15) is 38.3 Å². The first kappa shape index (κ1) is 19.1. The van der Waals surface area contributed by atoms with Crippen molar-refractivity contribution in [3.05, 3.63) is 29.3 Å². The predicted octanol–water partition coefficient (Wildman–Crippen LogP) is 3.57. The Hall–Kier alpha value is -1.92. The average Bonchev–Trinajstić information content (AvgIpc) is 2.47. The maximum atomic E-state index is 13.2. The highest BCUT2D eigenvalue weighted by atomic mass is 19.4. The first-order valence-electron chi connectivity index (χ1n) is 7.59. The summed E-state index contributed by atoms with van der Waals surface area (Å²) < 4.78 is 45.1. The van der Waals surface area contributed by atoms with Gasteiger partial charge in [-0.25, -0.2) is 0 Å². The van der Waals surface area contributed by atoms with Gasteiger partial charge in [0, 0.05) is 20.1 Å². The third-order valence-electron chi connectivity index (χ3n) is 2.97. The summed E-state index contributed by atoms with van der Waals surface area (Å²) in [5.41, 5.74) is -0.554. The zero-order valence-corrected chi connectivity index (χ0v) is 13.9. The van der Waals surface area contributed by atoms with Gasteiger partial charge in [-0.15, -0.1) is 0 Å². The van der Waals surface area contributed by atoms with E-state index in [2.05, 4.69) is 15.6 Å². The molecule has 0 aliphatic heterocycles. The Labute approximate surface area is 135 Å². The lowest BCUT2D eigenvalue weighted by Crippen LogP contribution is -2.37. The fourth-order valence-corrected chi connectivity index (χ4v) is 1.96. The van der Waals surface area contributed by atoms with Crippen LogP contribution in [-0.4, -0.2) is 25.7 Å². The molecule has 0 spiro atoms. The smallest absolute Gasteiger partial charge is 0.416 e. The number of ether oxygens (including phenoxy) is 1. The Morgan fingerprint density at radius 2 is 1.96 bits per heavy atom. The molecule has 0 aliphatic rings. The largest absolute Gasteiger partial charge is 0.491 e. The molecule has 7 heteroatoms. The molecule has 0 radical (unpaired) electrons. The first-order chi connectivity index (χ1) is 10.8. The summed E-state index contributed by atoms with van der Waals surface area (Å²) in [4.78, 5) is 3.98. The van der Waals surface area contributed by atoms with E-state index in [9.17, 15) is 13.2 Å². The van der Waals surface area contributed by atoms with Crippen LogP contribution < -0.4 is 15.4 Å². The first-order valence-corrected chi connectivity index (χ1v) is 7.59. The summed E-state index contributed by atoms with van der Waals surface area (Å²) in [6, 6.07) is 4.02. The topological polar surface area (TPSA) is 45.7 Å². The second kappa shape index (κ2) is 8.64. The second-order valence-corrected chi connectivity index (χ2v) is 5.34. The zero-order valence-electron chi connectivity index (χ0n) is 13.9. The SMILES string of the molecule is CCCNC(=NC)NCc1ccc(OC(C)C)cc1C(F)(F)F. The Kier molecular flexibility index (Phi) is 7.19. The quantitative estimate of drug-likeness (QED) is 0.619. The number of alkyl halides is 3. The lowest BCUT2D eigenvalue weighted by atomic mass is 10.1. The molecule has 0 saturated carbocycles. The highest BCUT2D eigenvalue weighted by molar-refractivity contribution is 5.79. The fraction of sp³-hybridized carbons (Fsp3) is 0.562. The molecular formula is C16H24F3N3O. The van der Waals surface area contributed by atoms with Crippen molar-refractivity contribution < 1.29 is 17.9 Å². The van der Waals surface area contributed by atoms with Gasteiger partial charge in [0.25, 0.3) is 0 Å². The predicted molar refractivity (Wildman–Crippen MR) is 85.7 cm³/mol. The zero-order chi connectivity index (χ0) is 17.5. The maximum Gasteiger partial charge on any atom is 0.416 e. The lowest BCUT2D eigenvalue weighted by Gasteiger charge is -2.18. The summed E-state index contributed by atoms with van der Waals surface area (Å²) in [7, 11) is 1.58. The highest BCUT2D eigenvalue weighted by Gasteiger charge is 2.33. The normalized spacial score (nSPS) is 12.4. The van der Waals surface area contributed by atoms with Gasteiger partial charge >= 0.3 is 6.18 Å². The van der Waals surface area contributed by atoms with Gasteiger partial charge in [0.05, 0.1) is 11.7 Å². The number of benzene rings is 1. The number of guanidine groups is 1. The number of halogens is 3. The Bertz CT molecular complexity index is 528. The molecule has 0 aromatic heterocycles. The number of nitrogens with one attached hydrogen (secondary N) is 2. The number of hydrogen-bond donors (Lipinski definition) is 2. The second-order valence-electron chi connectivity index (χ2n) is 5.34. The molecule has 0 unspecified atom stereocenters. The minimum absolute atomic E-state index is 0.0280. The van der Waals surface area contributed by atoms with Crippen molar-refractivity contribution in [3.8, 4) is 5.75 Å². The van der Waals surface area contributed by atoms with Crippen molar-refractivity contribution in [2.24, 2.45) is 4.99 Å². The monoisotopic (exact) mass is 331 g/mol. The molecule has 23 heavy (non-hydrogen) atoms. The van der Waals surface area contributed by atoms with Crippen LogP contribution in [0.3, 0.4) is 0 Å². The van der Waals surface area contributed by atoms with Gasteiger partial charge < -0.3 is 15.4 Å². The summed E-state index contributed by atoms with van der Waals surface area (Å²) in [5, 5.41) is 5.91. The minimum Gasteiger partial charge on any atom is -0.491 e. The van der Waals surface area contributed by atoms with Gasteiger partial charge in [0.1, 0.15) is 5.75 Å². The van der Waals surface area contributed by atoms with Crippen molar-refractivity contribution in [3.63, 3.8) is 0 Å². The van der Waals surface area contributed by atoms with E-state index in [4.69, 9.17) is 4.74 Å². The molecule has 0 aliphatic carbocycles. The molecule has 0 atom stereocenters. The molecule has 2 N–H and O–H groups in total. The van der Waals surface area contributed by atoms with Crippen LogP contribution in [0.15, 0.2) is 23.2 Å². The van der Waals surface area contributed by atoms with Crippen LogP contribution in [-0.2, 0) is 12.7 Å². The molecule has 1 rings (SSSR count). The molecule has 4 nitrogen and oxygen atoms in total. The molecule has 0 fully saturated rings. The number of hydrogen-bond acceptors (Lipinski definition) is 2. The van der Waals surface area contributed by atoms with Crippen molar-refractivity contribution >= 4 is 5.96 Å². The molecule has 1 aromatic rings. The maximum absolute atomic E-state index is 13.2. The van der Waals surface area contributed by atoms with Crippen molar-refractivity contribution in [2.75, 3.05) is 13.6 Å². The molecule has 0 amide bonds. The van der Waals surface area contributed by atoms with Crippen LogP contribution in [0.25, 0.3) is 0 Å². The third-order valence-corrected chi connectivity index (χ3v) is 2.97. The van der Waals surface area contributed by atoms with Gasteiger partial charge in [0.2, 0.25) is 0 Å². The van der Waals surface area contributed by atoms with Gasteiger partial charge in [-0.3, -0.25) is 4.99 Å². The van der Waals surface area contributed by atoms with Gasteiger partial charge in [-0.1, -0.05) is 13.0 Å². The van der Waals surface area contributed by atoms with Crippen LogP contribution >= 0.6 is 0 Å². The summed E-state index contributed by atoms with van der Waals surface area (Å²) in [6.07, 6.45) is -3.72. The average molecular weight is 331 g/mol. The lowest BCUT2D eigenvalue weighted by molar-refractivity contribution is -0.138. The van der Waals surface area contributed by atoms with E-state index in [1.54, 1.807) is 27.0 Å². The van der Waals surface area contributed by atoms with E-state index in [0.717, 1.165) is 12.5 Å². The number of rotatable bonds is 6. The number of nitrogens with zero attached hydrogens (tertiary/aromatic N) is 1. The van der Waals surface area contributed by atoms with E-state index < -0.39 is 11.7 Å². The molecule has 0 bridgehead atoms. The van der Waals surface area contributed by atoms with E-state index >= 15 is 0 Å². The van der Waals surface area contributed by atoms with Crippen LogP contribution in [0.2, 0.25) is 0 Å². The molecular weight excluding hydrogens is 307 g/mol. The number of aliphatic imine (C=N–C) groups is 1. The van der Waals surface area contributed by atoms with Crippen molar-refractivity contribution in [2.45, 2.75) is 46.0 Å². The standard InChI is InChI=1S/C16H24F3N3O/c1-5-8-21-15(20-4)22-10-12-6-7-13(23-11(2)3)9-14(12)16(17,18)19/h6-7,9,11H,5,8,10H2,1-4H3,(H2,20,21,22). The summed E-state index contributed by atoms with van der Waals surface area (Å²) in [6.45, 7) is 6.26. The summed E-state index contributed by atoms with van der Waals surface area (Å²) >= 11 is 0. The van der Waals surface area contributed by atoms with Crippen LogP contribution in [0.4, 0.5) is 13.2 Å². The molecule has 130 valence electrons. The molecule has 0 heterocycles. The van der Waals surface area contributed by atoms with Gasteiger partial charge in [-0.2, -0.15) is 13.2 Å².